The highest BCUT2D eigenvalue weighted by Crippen LogP contribution is 2.23. The Morgan fingerprint density at radius 1 is 1.22 bits per heavy atom. The van der Waals surface area contributed by atoms with E-state index in [-0.39, 0.29) is 0 Å². The van der Waals surface area contributed by atoms with Crippen molar-refractivity contribution in [3.8, 4) is 5.75 Å². The van der Waals surface area contributed by atoms with Crippen molar-refractivity contribution in [2.45, 2.75) is 19.4 Å². The third kappa shape index (κ3) is 4.55. The molecule has 2 rings (SSSR count). The summed E-state index contributed by atoms with van der Waals surface area (Å²) in [6.07, 6.45) is -0.851. The van der Waals surface area contributed by atoms with Gasteiger partial charge in [-0.25, -0.2) is 0 Å². The first-order valence-corrected chi connectivity index (χ1v) is 7.76. The summed E-state index contributed by atoms with van der Waals surface area (Å²) in [5.74, 6) is 0.287. The van der Waals surface area contributed by atoms with E-state index in [1.165, 1.54) is 0 Å². The summed E-state index contributed by atoms with van der Waals surface area (Å²) in [6, 6.07) is 12.5. The second-order valence-electron chi connectivity index (χ2n) is 5.12. The van der Waals surface area contributed by atoms with Crippen LogP contribution in [0.5, 0.6) is 5.75 Å². The molecule has 0 unspecified atom stereocenters. The second kappa shape index (κ2) is 8.11. The number of hydrogen-bond acceptors (Lipinski definition) is 4. The average molecular weight is 335 g/mol. The van der Waals surface area contributed by atoms with E-state index in [4.69, 9.17) is 21.4 Å². The zero-order chi connectivity index (χ0) is 16.8. The van der Waals surface area contributed by atoms with E-state index in [1.54, 1.807) is 18.2 Å². The molecule has 0 heterocycles. The van der Waals surface area contributed by atoms with Crippen LogP contribution < -0.4 is 4.74 Å². The van der Waals surface area contributed by atoms with Crippen molar-refractivity contribution in [1.29, 1.82) is 0 Å². The van der Waals surface area contributed by atoms with Crippen molar-refractivity contribution in [3.63, 3.8) is 0 Å². The van der Waals surface area contributed by atoms with Crippen LogP contribution in [-0.2, 0) is 6.42 Å². The quantitative estimate of drug-likeness (QED) is 0.764. The molecule has 0 aliphatic carbocycles. The number of carbonyl (C=O) groups is 1. The Morgan fingerprint density at radius 2 is 1.91 bits per heavy atom. The first-order chi connectivity index (χ1) is 11.0. The Balaban J connectivity index is 2.20. The summed E-state index contributed by atoms with van der Waals surface area (Å²) in [5.41, 5.74) is 2.14. The van der Waals surface area contributed by atoms with Gasteiger partial charge in [0, 0.05) is 10.6 Å². The molecule has 0 aliphatic rings. The number of aliphatic hydroxyl groups excluding tert-OH is 2. The van der Waals surface area contributed by atoms with Gasteiger partial charge in [0.25, 0.3) is 0 Å². The van der Waals surface area contributed by atoms with Gasteiger partial charge < -0.3 is 14.9 Å². The summed E-state index contributed by atoms with van der Waals surface area (Å²) in [6.45, 7) is 1.94. The molecule has 122 valence electrons. The molecule has 0 radical (unpaired) electrons. The predicted molar refractivity (Wildman–Crippen MR) is 89.3 cm³/mol. The zero-order valence-corrected chi connectivity index (χ0v) is 13.6. The average Bonchev–Trinajstić information content (AvgIpc) is 2.57. The maximum Gasteiger partial charge on any atom is 0.193 e. The highest BCUT2D eigenvalue weighted by Gasteiger charge is 2.17. The Labute approximate surface area is 140 Å². The molecule has 0 saturated carbocycles. The van der Waals surface area contributed by atoms with E-state index in [0.29, 0.717) is 23.6 Å². The molecule has 0 bridgehead atoms. The number of ether oxygens (including phenoxy) is 1. The third-order valence-electron chi connectivity index (χ3n) is 3.43. The summed E-state index contributed by atoms with van der Waals surface area (Å²) in [4.78, 5) is 11.9. The first-order valence-electron chi connectivity index (χ1n) is 7.38. The lowest BCUT2D eigenvalue weighted by Gasteiger charge is -2.10. The Bertz CT molecular complexity index is 667. The summed E-state index contributed by atoms with van der Waals surface area (Å²) in [7, 11) is 0. The van der Waals surface area contributed by atoms with Crippen molar-refractivity contribution in [3.05, 3.63) is 64.2 Å². The fourth-order valence-corrected chi connectivity index (χ4v) is 2.41. The summed E-state index contributed by atoms with van der Waals surface area (Å²) >= 11 is 6.20. The molecule has 0 aromatic heterocycles. The van der Waals surface area contributed by atoms with E-state index in [1.807, 2.05) is 31.2 Å². The van der Waals surface area contributed by atoms with Gasteiger partial charge in [-0.15, -0.1) is 0 Å². The molecule has 0 saturated heterocycles. The standard InChI is InChI=1S/C18H19ClO4/c1-2-23-15-6-3-12(4-7-15)9-14-10-13(5-8-16(14)19)18(22)17(21)11-20/h3-8,10,17,20-21H,2,9,11H2,1H3/t17-/m1/s1. The van der Waals surface area contributed by atoms with Crippen LogP contribution in [0.15, 0.2) is 42.5 Å². The SMILES string of the molecule is CCOc1ccc(Cc2cc(C(=O)[C@H](O)CO)ccc2Cl)cc1. The fraction of sp³-hybridized carbons (Fsp3) is 0.278. The lowest BCUT2D eigenvalue weighted by molar-refractivity contribution is 0.0587. The number of aliphatic hydroxyl groups is 2. The number of hydrogen-bond donors (Lipinski definition) is 2. The molecule has 2 aromatic carbocycles. The van der Waals surface area contributed by atoms with Crippen molar-refractivity contribution < 1.29 is 19.7 Å². The third-order valence-corrected chi connectivity index (χ3v) is 3.80. The van der Waals surface area contributed by atoms with Crippen LogP contribution in [0.3, 0.4) is 0 Å². The lowest BCUT2D eigenvalue weighted by atomic mass is 9.99. The highest BCUT2D eigenvalue weighted by atomic mass is 35.5. The van der Waals surface area contributed by atoms with E-state index >= 15 is 0 Å². The van der Waals surface area contributed by atoms with Crippen LogP contribution >= 0.6 is 11.6 Å². The number of benzene rings is 2. The number of halogens is 1. The topological polar surface area (TPSA) is 66.8 Å². The van der Waals surface area contributed by atoms with Crippen molar-refractivity contribution in [2.24, 2.45) is 0 Å². The van der Waals surface area contributed by atoms with Crippen LogP contribution in [0.25, 0.3) is 0 Å². The van der Waals surface area contributed by atoms with Crippen LogP contribution in [0, 0.1) is 0 Å². The molecule has 1 atom stereocenters. The van der Waals surface area contributed by atoms with Gasteiger partial charge in [-0.1, -0.05) is 23.7 Å². The molecule has 0 spiro atoms. The molecule has 0 amide bonds. The van der Waals surface area contributed by atoms with Crippen molar-refractivity contribution >= 4 is 17.4 Å². The van der Waals surface area contributed by atoms with Crippen LogP contribution in [0.4, 0.5) is 0 Å². The minimum atomic E-state index is -1.41. The fourth-order valence-electron chi connectivity index (χ4n) is 2.23. The van der Waals surface area contributed by atoms with Crippen LogP contribution in [0.1, 0.15) is 28.4 Å². The Kier molecular flexibility index (Phi) is 6.16. The number of Topliss-reactive ketones (excluding diaryl/α,β-unsaturated/α-hetero) is 1. The van der Waals surface area contributed by atoms with Gasteiger partial charge in [-0.2, -0.15) is 0 Å². The number of rotatable bonds is 7. The molecule has 0 aliphatic heterocycles. The Hall–Kier alpha value is -1.88. The Morgan fingerprint density at radius 3 is 2.52 bits per heavy atom. The van der Waals surface area contributed by atoms with Crippen LogP contribution in [-0.4, -0.2) is 35.3 Å². The molecule has 0 fully saturated rings. The lowest BCUT2D eigenvalue weighted by Crippen LogP contribution is -2.24. The largest absolute Gasteiger partial charge is 0.494 e. The number of carbonyl (C=O) groups excluding carboxylic acids is 1. The van der Waals surface area contributed by atoms with Gasteiger partial charge in [0.1, 0.15) is 11.9 Å². The number of ketones is 1. The van der Waals surface area contributed by atoms with Crippen molar-refractivity contribution in [2.75, 3.05) is 13.2 Å². The molecule has 23 heavy (non-hydrogen) atoms. The van der Waals surface area contributed by atoms with Gasteiger partial charge in [-0.3, -0.25) is 4.79 Å². The van der Waals surface area contributed by atoms with Gasteiger partial charge >= 0.3 is 0 Å². The smallest absolute Gasteiger partial charge is 0.193 e. The molecule has 2 N–H and O–H groups in total. The predicted octanol–water partition coefficient (Wildman–Crippen LogP) is 2.87. The summed E-state index contributed by atoms with van der Waals surface area (Å²) in [5, 5.41) is 18.9. The summed E-state index contributed by atoms with van der Waals surface area (Å²) < 4.78 is 5.40. The van der Waals surface area contributed by atoms with Crippen molar-refractivity contribution in [1.82, 2.24) is 0 Å². The maximum absolute atomic E-state index is 11.9. The van der Waals surface area contributed by atoms with Gasteiger partial charge in [0.05, 0.1) is 13.2 Å². The minimum absolute atomic E-state index is 0.330. The van der Waals surface area contributed by atoms with E-state index in [9.17, 15) is 9.90 Å². The van der Waals surface area contributed by atoms with Gasteiger partial charge in [0.2, 0.25) is 0 Å². The van der Waals surface area contributed by atoms with Gasteiger partial charge in [-0.05, 0) is 54.8 Å². The second-order valence-corrected chi connectivity index (χ2v) is 5.53. The molecular weight excluding hydrogens is 316 g/mol. The minimum Gasteiger partial charge on any atom is -0.494 e. The van der Waals surface area contributed by atoms with E-state index in [0.717, 1.165) is 16.9 Å². The normalized spacial score (nSPS) is 12.0. The first kappa shape index (κ1) is 17.5. The molecular formula is C18H19ClO4. The molecule has 4 nitrogen and oxygen atoms in total. The zero-order valence-electron chi connectivity index (χ0n) is 12.8. The van der Waals surface area contributed by atoms with Gasteiger partial charge in [0.15, 0.2) is 5.78 Å². The maximum atomic E-state index is 11.9. The molecule has 2 aromatic rings. The molecule has 5 heteroatoms. The van der Waals surface area contributed by atoms with Crippen LogP contribution in [0.2, 0.25) is 5.02 Å². The highest BCUT2D eigenvalue weighted by molar-refractivity contribution is 6.31. The van der Waals surface area contributed by atoms with E-state index < -0.39 is 18.5 Å². The van der Waals surface area contributed by atoms with E-state index in [2.05, 4.69) is 0 Å². The monoisotopic (exact) mass is 334 g/mol.